The van der Waals surface area contributed by atoms with E-state index in [4.69, 9.17) is 5.11 Å². The summed E-state index contributed by atoms with van der Waals surface area (Å²) in [5.74, 6) is -2.25. The number of para-hydroxylation sites is 1. The van der Waals surface area contributed by atoms with Gasteiger partial charge in [-0.2, -0.15) is 5.26 Å². The van der Waals surface area contributed by atoms with Gasteiger partial charge in [0.15, 0.2) is 11.5 Å². The number of carbonyl (C=O) groups excluding carboxylic acids is 1. The third-order valence-corrected chi connectivity index (χ3v) is 4.29. The highest BCUT2D eigenvalue weighted by Crippen LogP contribution is 2.34. The molecule has 0 radical (unpaired) electrons. The molecule has 0 saturated carbocycles. The van der Waals surface area contributed by atoms with Crippen LogP contribution in [0.15, 0.2) is 42.5 Å². The number of carboxylic acids is 1. The molecule has 1 aromatic heterocycles. The van der Waals surface area contributed by atoms with Gasteiger partial charge in [-0.25, -0.2) is 4.98 Å². The van der Waals surface area contributed by atoms with Gasteiger partial charge in [-0.15, -0.1) is 0 Å². The number of aliphatic carboxylic acids is 1. The van der Waals surface area contributed by atoms with Gasteiger partial charge >= 0.3 is 5.97 Å². The van der Waals surface area contributed by atoms with Crippen molar-refractivity contribution < 1.29 is 19.8 Å². The molecule has 6 heteroatoms. The first-order chi connectivity index (χ1) is 12.9. The van der Waals surface area contributed by atoms with E-state index in [2.05, 4.69) is 4.98 Å². The Balaban J connectivity index is 2.24. The second kappa shape index (κ2) is 7.26. The summed E-state index contributed by atoms with van der Waals surface area (Å²) in [5, 5.41) is 29.1. The van der Waals surface area contributed by atoms with E-state index in [-0.39, 0.29) is 24.1 Å². The van der Waals surface area contributed by atoms with Gasteiger partial charge in [-0.1, -0.05) is 48.0 Å². The maximum atomic E-state index is 12.4. The van der Waals surface area contributed by atoms with Crippen LogP contribution in [0.1, 0.15) is 34.5 Å². The first-order valence-electron chi connectivity index (χ1n) is 8.30. The van der Waals surface area contributed by atoms with Crippen molar-refractivity contribution in [2.24, 2.45) is 0 Å². The SMILES string of the molecule is Cc1ccc(-c2cccc3c(C#N)c(O)c(C(=O)CCC(=O)O)nc23)cc1. The second-order valence-electron chi connectivity index (χ2n) is 6.18. The van der Waals surface area contributed by atoms with Gasteiger partial charge in [-0.3, -0.25) is 9.59 Å². The maximum Gasteiger partial charge on any atom is 0.303 e. The zero-order chi connectivity index (χ0) is 19.6. The van der Waals surface area contributed by atoms with Crippen LogP contribution in [0, 0.1) is 18.3 Å². The fourth-order valence-electron chi connectivity index (χ4n) is 2.89. The minimum atomic E-state index is -1.12. The van der Waals surface area contributed by atoms with Gasteiger partial charge in [0.05, 0.1) is 11.9 Å². The van der Waals surface area contributed by atoms with Crippen LogP contribution in [0.2, 0.25) is 0 Å². The van der Waals surface area contributed by atoms with Crippen molar-refractivity contribution >= 4 is 22.7 Å². The van der Waals surface area contributed by atoms with Crippen molar-refractivity contribution in [3.05, 3.63) is 59.3 Å². The number of fused-ring (bicyclic) bond motifs is 1. The summed E-state index contributed by atoms with van der Waals surface area (Å²) in [6.45, 7) is 1.97. The average molecular weight is 360 g/mol. The predicted molar refractivity (Wildman–Crippen MR) is 99.5 cm³/mol. The number of aromatic hydroxyl groups is 1. The molecule has 27 heavy (non-hydrogen) atoms. The lowest BCUT2D eigenvalue weighted by Gasteiger charge is -2.11. The number of carbonyl (C=O) groups is 2. The Labute approximate surface area is 155 Å². The number of nitriles is 1. The number of nitrogens with zero attached hydrogens (tertiary/aromatic N) is 2. The molecule has 1 heterocycles. The summed E-state index contributed by atoms with van der Waals surface area (Å²) in [6.07, 6.45) is -0.682. The Kier molecular flexibility index (Phi) is 4.86. The standard InChI is InChI=1S/C21H16N2O4/c1-12-5-7-13(8-6-12)14-3-2-4-15-16(11-22)21(27)20(23-19(14)15)17(24)9-10-18(25)26/h2-8,27H,9-10H2,1H3,(H,25,26). The van der Waals surface area contributed by atoms with Crippen LogP contribution >= 0.6 is 0 Å². The van der Waals surface area contributed by atoms with Crippen LogP contribution in [0.25, 0.3) is 22.0 Å². The number of carboxylic acid groups (broad SMARTS) is 1. The molecule has 0 aliphatic carbocycles. The van der Waals surface area contributed by atoms with Gasteiger partial charge in [0, 0.05) is 17.4 Å². The van der Waals surface area contributed by atoms with E-state index >= 15 is 0 Å². The first kappa shape index (κ1) is 18.1. The Morgan fingerprint density at radius 2 is 1.81 bits per heavy atom. The third-order valence-electron chi connectivity index (χ3n) is 4.29. The minimum Gasteiger partial charge on any atom is -0.504 e. The minimum absolute atomic E-state index is 0.0485. The molecule has 0 aliphatic heterocycles. The topological polar surface area (TPSA) is 111 Å². The fraction of sp³-hybridized carbons (Fsp3) is 0.143. The number of pyridine rings is 1. The monoisotopic (exact) mass is 360 g/mol. The van der Waals surface area contributed by atoms with E-state index in [1.165, 1.54) is 0 Å². The number of aromatic nitrogens is 1. The number of aryl methyl sites for hydroxylation is 1. The van der Waals surface area contributed by atoms with Crippen molar-refractivity contribution in [3.8, 4) is 22.9 Å². The molecule has 0 aliphatic rings. The summed E-state index contributed by atoms with van der Waals surface area (Å²) < 4.78 is 0. The third kappa shape index (κ3) is 3.48. The fourth-order valence-corrected chi connectivity index (χ4v) is 2.89. The normalized spacial score (nSPS) is 10.5. The zero-order valence-corrected chi connectivity index (χ0v) is 14.6. The molecular weight excluding hydrogens is 344 g/mol. The average Bonchev–Trinajstić information content (AvgIpc) is 2.66. The van der Waals surface area contributed by atoms with E-state index in [1.807, 2.05) is 43.3 Å². The van der Waals surface area contributed by atoms with Crippen LogP contribution in [0.3, 0.4) is 0 Å². The lowest BCUT2D eigenvalue weighted by Crippen LogP contribution is -2.08. The summed E-state index contributed by atoms with van der Waals surface area (Å²) >= 11 is 0. The number of benzene rings is 2. The molecule has 0 amide bonds. The van der Waals surface area contributed by atoms with Crippen LogP contribution in [-0.2, 0) is 4.79 Å². The van der Waals surface area contributed by atoms with Gasteiger partial charge in [0.2, 0.25) is 0 Å². The Hall–Kier alpha value is -3.72. The highest BCUT2D eigenvalue weighted by atomic mass is 16.4. The van der Waals surface area contributed by atoms with Gasteiger partial charge < -0.3 is 10.2 Å². The van der Waals surface area contributed by atoms with E-state index in [1.54, 1.807) is 12.1 Å². The van der Waals surface area contributed by atoms with Crippen molar-refractivity contribution in [2.45, 2.75) is 19.8 Å². The number of ketones is 1. The highest BCUT2D eigenvalue weighted by Gasteiger charge is 2.22. The largest absolute Gasteiger partial charge is 0.504 e. The number of hydrogen-bond donors (Lipinski definition) is 2. The molecule has 2 N–H and O–H groups in total. The lowest BCUT2D eigenvalue weighted by molar-refractivity contribution is -0.136. The Bertz CT molecular complexity index is 1100. The summed E-state index contributed by atoms with van der Waals surface area (Å²) in [6, 6.07) is 14.9. The zero-order valence-electron chi connectivity index (χ0n) is 14.6. The van der Waals surface area contributed by atoms with E-state index < -0.39 is 17.5 Å². The van der Waals surface area contributed by atoms with Crippen molar-refractivity contribution in [1.29, 1.82) is 5.26 Å². The predicted octanol–water partition coefficient (Wildman–Crippen LogP) is 3.84. The molecule has 2 aromatic carbocycles. The number of hydrogen-bond acceptors (Lipinski definition) is 5. The van der Waals surface area contributed by atoms with Crippen molar-refractivity contribution in [3.63, 3.8) is 0 Å². The van der Waals surface area contributed by atoms with Crippen LogP contribution in [-0.4, -0.2) is 26.9 Å². The lowest BCUT2D eigenvalue weighted by atomic mass is 9.97. The van der Waals surface area contributed by atoms with Crippen LogP contribution in [0.4, 0.5) is 0 Å². The van der Waals surface area contributed by atoms with Crippen LogP contribution in [0.5, 0.6) is 5.75 Å². The maximum absolute atomic E-state index is 12.4. The van der Waals surface area contributed by atoms with Crippen molar-refractivity contribution in [2.75, 3.05) is 0 Å². The first-order valence-corrected chi connectivity index (χ1v) is 8.30. The summed E-state index contributed by atoms with van der Waals surface area (Å²) in [7, 11) is 0. The Morgan fingerprint density at radius 3 is 2.44 bits per heavy atom. The number of rotatable bonds is 5. The van der Waals surface area contributed by atoms with Gasteiger partial charge in [0.25, 0.3) is 0 Å². The molecule has 3 rings (SSSR count). The van der Waals surface area contributed by atoms with E-state index in [9.17, 15) is 20.0 Å². The smallest absolute Gasteiger partial charge is 0.303 e. The molecule has 6 nitrogen and oxygen atoms in total. The van der Waals surface area contributed by atoms with Gasteiger partial charge in [0.1, 0.15) is 17.3 Å². The van der Waals surface area contributed by atoms with Gasteiger partial charge in [-0.05, 0) is 12.5 Å². The molecule has 0 fully saturated rings. The Morgan fingerprint density at radius 1 is 1.11 bits per heavy atom. The molecule has 3 aromatic rings. The molecule has 134 valence electrons. The van der Waals surface area contributed by atoms with E-state index in [0.717, 1.165) is 16.7 Å². The second-order valence-corrected chi connectivity index (χ2v) is 6.18. The number of Topliss-reactive ketones (excluding diaryl/α,β-unsaturated/α-hetero) is 1. The molecule has 0 saturated heterocycles. The molecule has 0 spiro atoms. The highest BCUT2D eigenvalue weighted by molar-refractivity contribution is 6.05. The van der Waals surface area contributed by atoms with Crippen molar-refractivity contribution in [1.82, 2.24) is 4.98 Å². The van der Waals surface area contributed by atoms with E-state index in [0.29, 0.717) is 10.9 Å². The summed E-state index contributed by atoms with van der Waals surface area (Å²) in [4.78, 5) is 27.4. The quantitative estimate of drug-likeness (QED) is 0.669. The van der Waals surface area contributed by atoms with Crippen LogP contribution < -0.4 is 0 Å². The molecule has 0 unspecified atom stereocenters. The molecular formula is C21H16N2O4. The summed E-state index contributed by atoms with van der Waals surface area (Å²) in [5.41, 5.74) is 2.75. The molecule has 0 bridgehead atoms. The molecule has 0 atom stereocenters.